The molecule has 1 saturated heterocycles. The molecule has 138 valence electrons. The second kappa shape index (κ2) is 8.21. The fourth-order valence-corrected chi connectivity index (χ4v) is 3.64. The van der Waals surface area contributed by atoms with E-state index in [4.69, 9.17) is 16.3 Å². The molecule has 2 N–H and O–H groups in total. The standard InChI is InChI=1S/C21H25ClN2O2/c1-14-10-19(8-9-20(14)22)23-21(25)18-6-4-17(5-7-18)13-24-11-15(2)26-16(3)12-24/h4-10,15-16H,11-13H2,1-3H3,(H,23,25)/p+1/t15-,16-/m0/s1. The summed E-state index contributed by atoms with van der Waals surface area (Å²) in [6.45, 7) is 9.16. The molecule has 0 bridgehead atoms. The second-order valence-electron chi connectivity index (χ2n) is 7.21. The molecule has 5 heteroatoms. The van der Waals surface area contributed by atoms with Crippen LogP contribution in [0.4, 0.5) is 5.69 Å². The molecule has 1 heterocycles. The van der Waals surface area contributed by atoms with Crippen molar-refractivity contribution >= 4 is 23.2 Å². The number of amides is 1. The lowest BCUT2D eigenvalue weighted by Gasteiger charge is -2.32. The molecule has 1 amide bonds. The second-order valence-corrected chi connectivity index (χ2v) is 7.61. The van der Waals surface area contributed by atoms with Gasteiger partial charge in [-0.3, -0.25) is 4.79 Å². The fourth-order valence-electron chi connectivity index (χ4n) is 3.52. The van der Waals surface area contributed by atoms with Gasteiger partial charge in [-0.05, 0) is 56.7 Å². The molecule has 0 spiro atoms. The summed E-state index contributed by atoms with van der Waals surface area (Å²) in [5.41, 5.74) is 3.58. The number of carbonyl (C=O) groups is 1. The molecule has 1 fully saturated rings. The molecule has 4 nitrogen and oxygen atoms in total. The van der Waals surface area contributed by atoms with E-state index in [2.05, 4.69) is 19.2 Å². The van der Waals surface area contributed by atoms with Crippen LogP contribution in [0.15, 0.2) is 42.5 Å². The van der Waals surface area contributed by atoms with Gasteiger partial charge in [0.2, 0.25) is 0 Å². The van der Waals surface area contributed by atoms with Gasteiger partial charge in [-0.25, -0.2) is 0 Å². The van der Waals surface area contributed by atoms with Gasteiger partial charge in [0, 0.05) is 21.8 Å². The SMILES string of the molecule is Cc1cc(NC(=O)c2ccc(C[NH+]3C[C@H](C)O[C@@H](C)C3)cc2)ccc1Cl. The van der Waals surface area contributed by atoms with Gasteiger partial charge in [-0.2, -0.15) is 0 Å². The summed E-state index contributed by atoms with van der Waals surface area (Å²) < 4.78 is 5.79. The highest BCUT2D eigenvalue weighted by atomic mass is 35.5. The Hall–Kier alpha value is -1.88. The number of nitrogens with one attached hydrogen (secondary N) is 2. The normalized spacial score (nSPS) is 22.8. The van der Waals surface area contributed by atoms with E-state index in [1.165, 1.54) is 10.5 Å². The van der Waals surface area contributed by atoms with Crippen LogP contribution in [0.3, 0.4) is 0 Å². The molecule has 3 rings (SSSR count). The van der Waals surface area contributed by atoms with Crippen molar-refractivity contribution in [2.45, 2.75) is 39.5 Å². The number of hydrogen-bond acceptors (Lipinski definition) is 2. The minimum absolute atomic E-state index is 0.112. The maximum absolute atomic E-state index is 12.4. The Kier molecular flexibility index (Phi) is 5.97. The van der Waals surface area contributed by atoms with E-state index in [-0.39, 0.29) is 5.91 Å². The third-order valence-electron chi connectivity index (χ3n) is 4.70. The summed E-state index contributed by atoms with van der Waals surface area (Å²) in [7, 11) is 0. The van der Waals surface area contributed by atoms with E-state index in [9.17, 15) is 4.79 Å². The van der Waals surface area contributed by atoms with Gasteiger partial charge in [-0.15, -0.1) is 0 Å². The van der Waals surface area contributed by atoms with Gasteiger partial charge in [0.25, 0.3) is 5.91 Å². The van der Waals surface area contributed by atoms with Crippen LogP contribution < -0.4 is 10.2 Å². The van der Waals surface area contributed by atoms with E-state index in [1.807, 2.05) is 43.3 Å². The molecular formula is C21H26ClN2O2+. The molecule has 1 aliphatic heterocycles. The summed E-state index contributed by atoms with van der Waals surface area (Å²) in [6.07, 6.45) is 0.586. The van der Waals surface area contributed by atoms with Gasteiger partial charge in [-0.1, -0.05) is 23.7 Å². The highest BCUT2D eigenvalue weighted by molar-refractivity contribution is 6.31. The number of halogens is 1. The maximum atomic E-state index is 12.4. The summed E-state index contributed by atoms with van der Waals surface area (Å²) in [5, 5.41) is 3.62. The van der Waals surface area contributed by atoms with Crippen molar-refractivity contribution in [2.75, 3.05) is 18.4 Å². The third-order valence-corrected chi connectivity index (χ3v) is 5.13. The lowest BCUT2D eigenvalue weighted by Crippen LogP contribution is -3.14. The van der Waals surface area contributed by atoms with Gasteiger partial charge >= 0.3 is 0 Å². The highest BCUT2D eigenvalue weighted by Crippen LogP contribution is 2.20. The van der Waals surface area contributed by atoms with Crippen LogP contribution in [-0.2, 0) is 11.3 Å². The summed E-state index contributed by atoms with van der Waals surface area (Å²) >= 11 is 6.03. The van der Waals surface area contributed by atoms with E-state index in [0.29, 0.717) is 22.8 Å². The minimum Gasteiger partial charge on any atom is -0.364 e. The Morgan fingerprint density at radius 1 is 1.15 bits per heavy atom. The van der Waals surface area contributed by atoms with Crippen LogP contribution in [0.5, 0.6) is 0 Å². The molecule has 0 saturated carbocycles. The molecule has 0 unspecified atom stereocenters. The number of morpholine rings is 1. The van der Waals surface area contributed by atoms with Crippen molar-refractivity contribution < 1.29 is 14.4 Å². The summed E-state index contributed by atoms with van der Waals surface area (Å²) in [6, 6.07) is 13.3. The number of ether oxygens (including phenoxy) is 1. The van der Waals surface area contributed by atoms with E-state index < -0.39 is 0 Å². The molecule has 2 atom stereocenters. The van der Waals surface area contributed by atoms with Gasteiger partial charge < -0.3 is 15.0 Å². The largest absolute Gasteiger partial charge is 0.364 e. The van der Waals surface area contributed by atoms with Crippen LogP contribution in [0.2, 0.25) is 5.02 Å². The number of hydrogen-bond donors (Lipinski definition) is 2. The van der Waals surface area contributed by atoms with Crippen molar-refractivity contribution in [1.82, 2.24) is 0 Å². The Morgan fingerprint density at radius 3 is 2.42 bits per heavy atom. The fraction of sp³-hybridized carbons (Fsp3) is 0.381. The molecule has 0 aromatic heterocycles. The predicted octanol–water partition coefficient (Wildman–Crippen LogP) is 3.09. The van der Waals surface area contributed by atoms with Crippen molar-refractivity contribution in [3.05, 3.63) is 64.2 Å². The monoisotopic (exact) mass is 373 g/mol. The average Bonchev–Trinajstić information content (AvgIpc) is 2.58. The van der Waals surface area contributed by atoms with Crippen molar-refractivity contribution in [1.29, 1.82) is 0 Å². The first-order valence-electron chi connectivity index (χ1n) is 9.06. The van der Waals surface area contributed by atoms with Crippen LogP contribution in [0, 0.1) is 6.92 Å². The number of rotatable bonds is 4. The lowest BCUT2D eigenvalue weighted by atomic mass is 10.1. The molecular weight excluding hydrogens is 348 g/mol. The molecule has 2 aromatic rings. The van der Waals surface area contributed by atoms with E-state index in [0.717, 1.165) is 30.9 Å². The van der Waals surface area contributed by atoms with Crippen LogP contribution >= 0.6 is 11.6 Å². The first kappa shape index (κ1) is 18.9. The zero-order valence-corrected chi connectivity index (χ0v) is 16.3. The quantitative estimate of drug-likeness (QED) is 0.864. The maximum Gasteiger partial charge on any atom is 0.255 e. The number of aryl methyl sites for hydroxylation is 1. The first-order chi connectivity index (χ1) is 12.4. The Morgan fingerprint density at radius 2 is 1.81 bits per heavy atom. The van der Waals surface area contributed by atoms with Gasteiger partial charge in [0.15, 0.2) is 0 Å². The van der Waals surface area contributed by atoms with E-state index >= 15 is 0 Å². The number of anilines is 1. The Bertz CT molecular complexity index is 766. The smallest absolute Gasteiger partial charge is 0.255 e. The highest BCUT2D eigenvalue weighted by Gasteiger charge is 2.25. The van der Waals surface area contributed by atoms with Gasteiger partial charge in [0.1, 0.15) is 31.8 Å². The Balaban J connectivity index is 1.61. The predicted molar refractivity (Wildman–Crippen MR) is 105 cm³/mol. The molecule has 0 radical (unpaired) electrons. The molecule has 0 aliphatic carbocycles. The van der Waals surface area contributed by atoms with Crippen LogP contribution in [-0.4, -0.2) is 31.2 Å². The number of quaternary nitrogens is 1. The van der Waals surface area contributed by atoms with Crippen molar-refractivity contribution in [2.24, 2.45) is 0 Å². The van der Waals surface area contributed by atoms with Crippen LogP contribution in [0.25, 0.3) is 0 Å². The molecule has 26 heavy (non-hydrogen) atoms. The zero-order chi connectivity index (χ0) is 18.7. The molecule has 2 aromatic carbocycles. The van der Waals surface area contributed by atoms with Gasteiger partial charge in [0.05, 0.1) is 0 Å². The third kappa shape index (κ3) is 4.85. The summed E-state index contributed by atoms with van der Waals surface area (Å²) in [5.74, 6) is -0.112. The van der Waals surface area contributed by atoms with Crippen molar-refractivity contribution in [3.63, 3.8) is 0 Å². The van der Waals surface area contributed by atoms with Crippen molar-refractivity contribution in [3.8, 4) is 0 Å². The number of carbonyl (C=O) groups excluding carboxylic acids is 1. The van der Waals surface area contributed by atoms with Crippen LogP contribution in [0.1, 0.15) is 35.3 Å². The average molecular weight is 374 g/mol. The van der Waals surface area contributed by atoms with E-state index in [1.54, 1.807) is 6.07 Å². The minimum atomic E-state index is -0.112. The zero-order valence-electron chi connectivity index (χ0n) is 15.5. The molecule has 1 aliphatic rings. The summed E-state index contributed by atoms with van der Waals surface area (Å²) in [4.78, 5) is 14.0. The topological polar surface area (TPSA) is 42.8 Å². The lowest BCUT2D eigenvalue weighted by molar-refractivity contribution is -0.928. The Labute approximate surface area is 160 Å². The first-order valence-corrected chi connectivity index (χ1v) is 9.44. The number of benzene rings is 2.